The molecule has 0 unspecified atom stereocenters. The van der Waals surface area contributed by atoms with Gasteiger partial charge in [-0.2, -0.15) is 0 Å². The second kappa shape index (κ2) is 5.46. The Morgan fingerprint density at radius 3 is 2.48 bits per heavy atom. The second-order valence-corrected chi connectivity index (χ2v) is 7.44. The van der Waals surface area contributed by atoms with Crippen molar-refractivity contribution < 1.29 is 9.53 Å². The van der Waals surface area contributed by atoms with Crippen LogP contribution in [0, 0.1) is 0 Å². The average molecular weight is 347 g/mol. The number of carbonyl (C=O) groups excluding carboxylic acids is 1. The van der Waals surface area contributed by atoms with Gasteiger partial charge in [-0.15, -0.1) is 11.3 Å². The van der Waals surface area contributed by atoms with Gasteiger partial charge < -0.3 is 9.64 Å². The molecule has 25 heavy (non-hydrogen) atoms. The normalized spacial score (nSPS) is 24.2. The van der Waals surface area contributed by atoms with Crippen LogP contribution in [0.1, 0.15) is 16.0 Å². The first-order chi connectivity index (χ1) is 12.3. The lowest BCUT2D eigenvalue weighted by Crippen LogP contribution is -2.75. The highest BCUT2D eigenvalue weighted by atomic mass is 32.1. The summed E-state index contributed by atoms with van der Waals surface area (Å²) in [5.41, 5.74) is 1.83. The van der Waals surface area contributed by atoms with Crippen molar-refractivity contribution in [1.82, 2.24) is 4.90 Å². The van der Waals surface area contributed by atoms with Gasteiger partial charge in [0.1, 0.15) is 11.3 Å². The average Bonchev–Trinajstić information content (AvgIpc) is 3.15. The minimum atomic E-state index is -0.522. The van der Waals surface area contributed by atoms with Crippen LogP contribution in [0.4, 0.5) is 0 Å². The van der Waals surface area contributed by atoms with E-state index in [1.807, 2.05) is 53.4 Å². The second-order valence-electron chi connectivity index (χ2n) is 6.44. The van der Waals surface area contributed by atoms with Gasteiger partial charge in [-0.05, 0) is 35.6 Å². The SMILES string of the molecule is O=C1[C@@H](Oc2ccccc2)[C@]2(c3ccccc3)c3ccsc3CCN12. The molecule has 0 bridgehead atoms. The Labute approximate surface area is 150 Å². The fourth-order valence-electron chi connectivity index (χ4n) is 4.16. The van der Waals surface area contributed by atoms with Gasteiger partial charge in [0.15, 0.2) is 0 Å². The van der Waals surface area contributed by atoms with Crippen LogP contribution < -0.4 is 4.74 Å². The molecule has 2 atom stereocenters. The molecule has 1 aromatic heterocycles. The Morgan fingerprint density at radius 2 is 1.72 bits per heavy atom. The molecule has 3 nitrogen and oxygen atoms in total. The van der Waals surface area contributed by atoms with Crippen molar-refractivity contribution in [3.63, 3.8) is 0 Å². The summed E-state index contributed by atoms with van der Waals surface area (Å²) >= 11 is 1.77. The van der Waals surface area contributed by atoms with Crippen LogP contribution in [0.15, 0.2) is 72.1 Å². The molecule has 124 valence electrons. The zero-order valence-corrected chi connectivity index (χ0v) is 14.4. The molecule has 2 aliphatic heterocycles. The molecule has 0 N–H and O–H groups in total. The lowest BCUT2D eigenvalue weighted by Gasteiger charge is -2.59. The van der Waals surface area contributed by atoms with E-state index in [0.29, 0.717) is 0 Å². The summed E-state index contributed by atoms with van der Waals surface area (Å²) in [6.07, 6.45) is 0.400. The molecule has 1 fully saturated rings. The smallest absolute Gasteiger partial charge is 0.268 e. The molecule has 0 saturated carbocycles. The van der Waals surface area contributed by atoms with Crippen LogP contribution in [0.3, 0.4) is 0 Å². The summed E-state index contributed by atoms with van der Waals surface area (Å²) in [5, 5.41) is 2.13. The molecular weight excluding hydrogens is 330 g/mol. The zero-order chi connectivity index (χ0) is 16.9. The Kier molecular flexibility index (Phi) is 3.22. The van der Waals surface area contributed by atoms with E-state index in [4.69, 9.17) is 4.74 Å². The van der Waals surface area contributed by atoms with Gasteiger partial charge in [0.05, 0.1) is 0 Å². The number of ether oxygens (including phenoxy) is 1. The van der Waals surface area contributed by atoms with E-state index in [1.54, 1.807) is 11.3 Å². The Hall–Kier alpha value is -2.59. The van der Waals surface area contributed by atoms with Crippen LogP contribution in [0.25, 0.3) is 0 Å². The van der Waals surface area contributed by atoms with E-state index in [2.05, 4.69) is 23.6 Å². The predicted octanol–water partition coefficient (Wildman–Crippen LogP) is 3.84. The molecule has 4 heteroatoms. The van der Waals surface area contributed by atoms with Crippen LogP contribution in [-0.2, 0) is 16.8 Å². The maximum atomic E-state index is 12.9. The van der Waals surface area contributed by atoms with Crippen molar-refractivity contribution in [3.8, 4) is 5.75 Å². The number of hydrogen-bond donors (Lipinski definition) is 0. The minimum Gasteiger partial charge on any atom is -0.477 e. The summed E-state index contributed by atoms with van der Waals surface area (Å²) < 4.78 is 6.23. The maximum absolute atomic E-state index is 12.9. The van der Waals surface area contributed by atoms with Gasteiger partial charge in [0.25, 0.3) is 5.91 Å². The van der Waals surface area contributed by atoms with Gasteiger partial charge >= 0.3 is 0 Å². The largest absolute Gasteiger partial charge is 0.477 e. The van der Waals surface area contributed by atoms with Gasteiger partial charge in [0.2, 0.25) is 6.10 Å². The molecule has 1 amide bonds. The number of thiophene rings is 1. The molecule has 1 saturated heterocycles. The fraction of sp³-hybridized carbons (Fsp3) is 0.190. The van der Waals surface area contributed by atoms with Gasteiger partial charge in [-0.1, -0.05) is 48.5 Å². The molecule has 2 aromatic carbocycles. The number of rotatable bonds is 3. The van der Waals surface area contributed by atoms with E-state index in [9.17, 15) is 4.79 Å². The third-order valence-electron chi connectivity index (χ3n) is 5.23. The third kappa shape index (κ3) is 1.94. The van der Waals surface area contributed by atoms with Crippen molar-refractivity contribution >= 4 is 17.2 Å². The Morgan fingerprint density at radius 1 is 1.00 bits per heavy atom. The lowest BCUT2D eigenvalue weighted by molar-refractivity contribution is -0.178. The highest BCUT2D eigenvalue weighted by Crippen LogP contribution is 2.53. The van der Waals surface area contributed by atoms with Crippen LogP contribution in [0.5, 0.6) is 5.75 Å². The number of β-lactam (4-membered cyclic amide) rings is 1. The summed E-state index contributed by atoms with van der Waals surface area (Å²) in [6, 6.07) is 22.1. The number of amides is 1. The molecule has 3 aromatic rings. The van der Waals surface area contributed by atoms with Crippen molar-refractivity contribution in [2.75, 3.05) is 6.54 Å². The summed E-state index contributed by atoms with van der Waals surface area (Å²) in [4.78, 5) is 16.3. The van der Waals surface area contributed by atoms with E-state index < -0.39 is 11.6 Å². The molecule has 2 aliphatic rings. The quantitative estimate of drug-likeness (QED) is 0.674. The molecular formula is C21H17NO2S. The van der Waals surface area contributed by atoms with Crippen molar-refractivity contribution in [2.45, 2.75) is 18.1 Å². The Balaban J connectivity index is 1.68. The third-order valence-corrected chi connectivity index (χ3v) is 6.21. The number of carbonyl (C=O) groups is 1. The lowest BCUT2D eigenvalue weighted by atomic mass is 9.68. The van der Waals surface area contributed by atoms with Crippen LogP contribution in [-0.4, -0.2) is 23.5 Å². The monoisotopic (exact) mass is 347 g/mol. The van der Waals surface area contributed by atoms with Gasteiger partial charge in [-0.25, -0.2) is 0 Å². The molecule has 0 aliphatic carbocycles. The van der Waals surface area contributed by atoms with E-state index in [1.165, 1.54) is 10.4 Å². The van der Waals surface area contributed by atoms with E-state index in [0.717, 1.165) is 24.3 Å². The fourth-order valence-corrected chi connectivity index (χ4v) is 5.08. The topological polar surface area (TPSA) is 29.5 Å². The molecule has 3 heterocycles. The summed E-state index contributed by atoms with van der Waals surface area (Å²) in [6.45, 7) is 0.746. The van der Waals surface area contributed by atoms with Crippen molar-refractivity contribution in [2.24, 2.45) is 0 Å². The highest BCUT2D eigenvalue weighted by Gasteiger charge is 2.65. The zero-order valence-electron chi connectivity index (χ0n) is 13.6. The molecule has 0 radical (unpaired) electrons. The van der Waals surface area contributed by atoms with Crippen LogP contribution in [0.2, 0.25) is 0 Å². The molecule has 5 rings (SSSR count). The number of hydrogen-bond acceptors (Lipinski definition) is 3. The predicted molar refractivity (Wildman–Crippen MR) is 97.8 cm³/mol. The van der Waals surface area contributed by atoms with E-state index in [-0.39, 0.29) is 5.91 Å². The maximum Gasteiger partial charge on any atom is 0.268 e. The van der Waals surface area contributed by atoms with Crippen molar-refractivity contribution in [1.29, 1.82) is 0 Å². The number of fused-ring (bicyclic) bond motifs is 3. The molecule has 0 spiro atoms. The van der Waals surface area contributed by atoms with E-state index >= 15 is 0 Å². The van der Waals surface area contributed by atoms with Gasteiger partial charge in [0, 0.05) is 17.0 Å². The van der Waals surface area contributed by atoms with Crippen LogP contribution >= 0.6 is 11.3 Å². The standard InChI is InChI=1S/C21H17NO2S/c23-20-19(24-16-9-5-2-6-10-16)21(15-7-3-1-4-8-15)17-12-14-25-18(17)11-13-22(20)21/h1-10,12,14,19H,11,13H2/t19-,21+/m1/s1. The minimum absolute atomic E-state index is 0.0737. The van der Waals surface area contributed by atoms with Gasteiger partial charge in [-0.3, -0.25) is 4.79 Å². The number of nitrogens with zero attached hydrogens (tertiary/aromatic N) is 1. The Bertz CT molecular complexity index is 921. The first-order valence-corrected chi connectivity index (χ1v) is 9.35. The first kappa shape index (κ1) is 14.7. The highest BCUT2D eigenvalue weighted by molar-refractivity contribution is 7.10. The summed E-state index contributed by atoms with van der Waals surface area (Å²) in [7, 11) is 0. The first-order valence-electron chi connectivity index (χ1n) is 8.47. The summed E-state index contributed by atoms with van der Waals surface area (Å²) in [5.74, 6) is 0.808. The number of benzene rings is 2. The van der Waals surface area contributed by atoms with Crippen molar-refractivity contribution in [3.05, 3.63) is 88.1 Å². The number of para-hydroxylation sites is 1.